The fourth-order valence-electron chi connectivity index (χ4n) is 3.76. The Morgan fingerprint density at radius 3 is 2.58 bits per heavy atom. The van der Waals surface area contributed by atoms with Gasteiger partial charge in [-0.3, -0.25) is 13.8 Å². The number of hydrogen-bond acceptors (Lipinski definition) is 5. The molecule has 0 bridgehead atoms. The zero-order chi connectivity index (χ0) is 18.6. The van der Waals surface area contributed by atoms with Crippen molar-refractivity contribution in [1.29, 1.82) is 0 Å². The summed E-state index contributed by atoms with van der Waals surface area (Å²) >= 11 is 0. The number of halogens is 2. The Morgan fingerprint density at radius 2 is 2.00 bits per heavy atom. The number of anilines is 1. The van der Waals surface area contributed by atoms with Crippen LogP contribution >= 0.6 is 0 Å². The summed E-state index contributed by atoms with van der Waals surface area (Å²) in [5, 5.41) is 0.0648. The first kappa shape index (κ1) is 17.0. The predicted octanol–water partition coefficient (Wildman–Crippen LogP) is 0.476. The Hall–Kier alpha value is -2.42. The third-order valence-electron chi connectivity index (χ3n) is 5.59. The minimum atomic E-state index is -0.728. The summed E-state index contributed by atoms with van der Waals surface area (Å²) in [7, 11) is 0. The summed E-state index contributed by atoms with van der Waals surface area (Å²) < 4.78 is 30.2. The van der Waals surface area contributed by atoms with E-state index in [1.165, 1.54) is 10.6 Å². The van der Waals surface area contributed by atoms with Crippen molar-refractivity contribution in [3.05, 3.63) is 38.8 Å². The van der Waals surface area contributed by atoms with Crippen molar-refractivity contribution in [1.82, 2.24) is 9.24 Å². The van der Waals surface area contributed by atoms with E-state index in [0.29, 0.717) is 29.7 Å². The zero-order valence-corrected chi connectivity index (χ0v) is 14.3. The molecule has 2 heterocycles. The summed E-state index contributed by atoms with van der Waals surface area (Å²) in [5.74, 6) is 4.98. The first-order chi connectivity index (χ1) is 12.4. The van der Waals surface area contributed by atoms with Gasteiger partial charge in [-0.2, -0.15) is 4.68 Å². The van der Waals surface area contributed by atoms with Crippen molar-refractivity contribution in [3.63, 3.8) is 0 Å². The molecule has 1 aliphatic heterocycles. The molecule has 1 aliphatic carbocycles. The van der Waals surface area contributed by atoms with Crippen molar-refractivity contribution in [2.75, 3.05) is 37.1 Å². The van der Waals surface area contributed by atoms with Crippen molar-refractivity contribution in [2.45, 2.75) is 25.3 Å². The third-order valence-corrected chi connectivity index (χ3v) is 5.59. The maximum Gasteiger partial charge on any atom is 0.350 e. The van der Waals surface area contributed by atoms with Gasteiger partial charge in [0, 0.05) is 31.1 Å². The maximum atomic E-state index is 14.7. The SMILES string of the molecule is NCC1(CF)CCN(c2cc3c(cc2F)c(=O)n(N)c(=O)n3C2CC2)C1. The molecule has 0 amide bonds. The summed E-state index contributed by atoms with van der Waals surface area (Å²) in [6.45, 7) is 0.370. The molecule has 0 spiro atoms. The van der Waals surface area contributed by atoms with Gasteiger partial charge >= 0.3 is 5.69 Å². The minimum absolute atomic E-state index is 0.0359. The molecule has 2 fully saturated rings. The lowest BCUT2D eigenvalue weighted by atomic mass is 9.89. The lowest BCUT2D eigenvalue weighted by Gasteiger charge is -2.26. The summed E-state index contributed by atoms with van der Waals surface area (Å²) in [5.41, 5.74) is 4.32. The number of benzene rings is 1. The maximum absolute atomic E-state index is 14.7. The molecule has 1 aromatic carbocycles. The van der Waals surface area contributed by atoms with Crippen LogP contribution in [0.1, 0.15) is 25.3 Å². The van der Waals surface area contributed by atoms with Gasteiger partial charge in [-0.25, -0.2) is 9.18 Å². The van der Waals surface area contributed by atoms with Crippen molar-refractivity contribution < 1.29 is 8.78 Å². The molecule has 1 saturated carbocycles. The average molecular weight is 365 g/mol. The van der Waals surface area contributed by atoms with E-state index in [9.17, 15) is 18.4 Å². The largest absolute Gasteiger partial charge is 0.368 e. The Bertz CT molecular complexity index is 991. The van der Waals surface area contributed by atoms with Gasteiger partial charge in [0.1, 0.15) is 5.82 Å². The Labute approximate surface area is 147 Å². The zero-order valence-electron chi connectivity index (χ0n) is 14.3. The fraction of sp³-hybridized carbons (Fsp3) is 0.529. The Kier molecular flexibility index (Phi) is 3.80. The van der Waals surface area contributed by atoms with Crippen molar-refractivity contribution in [3.8, 4) is 0 Å². The van der Waals surface area contributed by atoms with Crippen LogP contribution in [0.25, 0.3) is 10.9 Å². The third kappa shape index (κ3) is 2.41. The number of fused-ring (bicyclic) bond motifs is 1. The molecule has 2 aromatic rings. The first-order valence-electron chi connectivity index (χ1n) is 8.68. The van der Waals surface area contributed by atoms with Crippen molar-refractivity contribution in [2.24, 2.45) is 11.1 Å². The van der Waals surface area contributed by atoms with E-state index in [0.717, 1.165) is 18.9 Å². The van der Waals surface area contributed by atoms with E-state index >= 15 is 0 Å². The first-order valence-corrected chi connectivity index (χ1v) is 8.68. The van der Waals surface area contributed by atoms with E-state index in [1.54, 1.807) is 4.90 Å². The van der Waals surface area contributed by atoms with Gasteiger partial charge in [0.15, 0.2) is 0 Å². The molecular formula is C17H21F2N5O2. The monoisotopic (exact) mass is 365 g/mol. The van der Waals surface area contributed by atoms with Crippen LogP contribution in [0.2, 0.25) is 0 Å². The lowest BCUT2D eigenvalue weighted by Crippen LogP contribution is -2.44. The molecule has 26 heavy (non-hydrogen) atoms. The normalized spacial score (nSPS) is 23.1. The molecule has 4 N–H and O–H groups in total. The summed E-state index contributed by atoms with van der Waals surface area (Å²) in [4.78, 5) is 26.5. The number of nitrogens with two attached hydrogens (primary N) is 2. The highest BCUT2D eigenvalue weighted by atomic mass is 19.1. The predicted molar refractivity (Wildman–Crippen MR) is 95.1 cm³/mol. The van der Waals surface area contributed by atoms with E-state index in [2.05, 4.69) is 0 Å². The van der Waals surface area contributed by atoms with E-state index in [-0.39, 0.29) is 23.7 Å². The fourth-order valence-corrected chi connectivity index (χ4v) is 3.76. The molecule has 7 nitrogen and oxygen atoms in total. The second-order valence-corrected chi connectivity index (χ2v) is 7.39. The molecule has 140 valence electrons. The second-order valence-electron chi connectivity index (χ2n) is 7.39. The van der Waals surface area contributed by atoms with Crippen LogP contribution in [0.4, 0.5) is 14.5 Å². The molecule has 1 aromatic heterocycles. The summed E-state index contributed by atoms with van der Waals surface area (Å²) in [6.07, 6.45) is 2.14. The smallest absolute Gasteiger partial charge is 0.350 e. The van der Waals surface area contributed by atoms with E-state index in [1.807, 2.05) is 0 Å². The minimum Gasteiger partial charge on any atom is -0.368 e. The number of nitrogen functional groups attached to an aromatic ring is 1. The lowest BCUT2D eigenvalue weighted by molar-refractivity contribution is 0.242. The van der Waals surface area contributed by atoms with E-state index in [4.69, 9.17) is 11.6 Å². The van der Waals surface area contributed by atoms with Gasteiger partial charge in [0.05, 0.1) is 23.3 Å². The highest BCUT2D eigenvalue weighted by Gasteiger charge is 2.38. The van der Waals surface area contributed by atoms with Crippen LogP contribution in [0, 0.1) is 11.2 Å². The summed E-state index contributed by atoms with van der Waals surface area (Å²) in [6, 6.07) is 2.59. The quantitative estimate of drug-likeness (QED) is 0.768. The van der Waals surface area contributed by atoms with Crippen LogP contribution < -0.4 is 27.7 Å². The van der Waals surface area contributed by atoms with Crippen LogP contribution in [0.5, 0.6) is 0 Å². The molecule has 0 radical (unpaired) electrons. The van der Waals surface area contributed by atoms with Gasteiger partial charge in [-0.15, -0.1) is 0 Å². The molecule has 1 atom stereocenters. The van der Waals surface area contributed by atoms with Crippen LogP contribution in [0.15, 0.2) is 21.7 Å². The van der Waals surface area contributed by atoms with Crippen LogP contribution in [0.3, 0.4) is 0 Å². The number of rotatable bonds is 4. The number of alkyl halides is 1. The standard InChI is InChI=1S/C17H21F2N5O2/c18-7-17(8-20)3-4-22(9-17)14-6-13-11(5-12(14)19)15(25)24(21)16(26)23(13)10-1-2-10/h5-6,10H,1-4,7-9,20-21H2. The molecule has 1 saturated heterocycles. The second kappa shape index (κ2) is 5.80. The number of hydrogen-bond donors (Lipinski definition) is 2. The van der Waals surface area contributed by atoms with Crippen LogP contribution in [-0.2, 0) is 0 Å². The van der Waals surface area contributed by atoms with Gasteiger partial charge in [0.2, 0.25) is 0 Å². The van der Waals surface area contributed by atoms with Gasteiger partial charge < -0.3 is 16.5 Å². The number of aromatic nitrogens is 2. The van der Waals surface area contributed by atoms with E-state index < -0.39 is 29.2 Å². The van der Waals surface area contributed by atoms with Gasteiger partial charge in [0.25, 0.3) is 5.56 Å². The van der Waals surface area contributed by atoms with Gasteiger partial charge in [-0.05, 0) is 31.4 Å². The molecule has 4 rings (SSSR count). The topological polar surface area (TPSA) is 99.3 Å². The average Bonchev–Trinajstić information content (AvgIpc) is 3.38. The Morgan fingerprint density at radius 1 is 1.27 bits per heavy atom. The highest BCUT2D eigenvalue weighted by molar-refractivity contribution is 5.83. The number of nitrogens with zero attached hydrogens (tertiary/aromatic N) is 3. The molecular weight excluding hydrogens is 344 g/mol. The Balaban J connectivity index is 1.89. The molecule has 2 aliphatic rings. The van der Waals surface area contributed by atoms with Crippen LogP contribution in [-0.4, -0.2) is 35.6 Å². The van der Waals surface area contributed by atoms with Crippen molar-refractivity contribution >= 4 is 16.6 Å². The van der Waals surface area contributed by atoms with Gasteiger partial charge in [-0.1, -0.05) is 0 Å². The highest BCUT2D eigenvalue weighted by Crippen LogP contribution is 2.38. The molecule has 9 heteroatoms. The molecule has 1 unspecified atom stereocenters.